The maximum Gasteiger partial charge on any atom is 0.303 e. The van der Waals surface area contributed by atoms with Crippen LogP contribution in [0.2, 0.25) is 0 Å². The summed E-state index contributed by atoms with van der Waals surface area (Å²) in [5, 5.41) is 8.68. The second-order valence-electron chi connectivity index (χ2n) is 5.22. The topological polar surface area (TPSA) is 49.8 Å². The van der Waals surface area contributed by atoms with Crippen molar-refractivity contribution >= 4 is 18.4 Å². The maximum absolute atomic E-state index is 10.5. The second-order valence-corrected chi connectivity index (χ2v) is 5.22. The Kier molecular flexibility index (Phi) is 6.46. The van der Waals surface area contributed by atoms with Crippen LogP contribution in [0.3, 0.4) is 0 Å². The molecule has 1 aromatic carbocycles. The first-order valence-corrected chi connectivity index (χ1v) is 6.74. The van der Waals surface area contributed by atoms with Gasteiger partial charge in [0.1, 0.15) is 5.60 Å². The molecule has 1 heterocycles. The smallest absolute Gasteiger partial charge is 0.303 e. The highest BCUT2D eigenvalue weighted by Gasteiger charge is 2.33. The van der Waals surface area contributed by atoms with Crippen molar-refractivity contribution in [2.45, 2.75) is 25.4 Å². The number of ether oxygens (including phenoxy) is 1. The van der Waals surface area contributed by atoms with E-state index in [0.717, 1.165) is 19.6 Å². The van der Waals surface area contributed by atoms with Gasteiger partial charge in [-0.15, -0.1) is 12.4 Å². The van der Waals surface area contributed by atoms with E-state index >= 15 is 0 Å². The van der Waals surface area contributed by atoms with E-state index in [1.54, 1.807) is 0 Å². The lowest BCUT2D eigenvalue weighted by atomic mass is 9.94. The van der Waals surface area contributed by atoms with Crippen LogP contribution in [-0.2, 0) is 15.1 Å². The molecule has 20 heavy (non-hydrogen) atoms. The molecule has 0 amide bonds. The highest BCUT2D eigenvalue weighted by molar-refractivity contribution is 5.85. The van der Waals surface area contributed by atoms with Crippen molar-refractivity contribution < 1.29 is 14.6 Å². The zero-order valence-electron chi connectivity index (χ0n) is 11.7. The molecule has 1 atom stereocenters. The molecule has 0 aliphatic carbocycles. The first-order chi connectivity index (χ1) is 9.10. The third kappa shape index (κ3) is 4.47. The Bertz CT molecular complexity index is 426. The number of carboxylic acid groups (broad SMARTS) is 1. The molecule has 1 N–H and O–H groups in total. The van der Waals surface area contributed by atoms with Crippen LogP contribution < -0.4 is 0 Å². The number of aliphatic carboxylic acids is 1. The predicted octanol–water partition coefficient (Wildman–Crippen LogP) is 2.52. The molecule has 0 aromatic heterocycles. The van der Waals surface area contributed by atoms with Gasteiger partial charge in [-0.2, -0.15) is 0 Å². The Morgan fingerprint density at radius 3 is 2.75 bits per heavy atom. The second kappa shape index (κ2) is 7.62. The van der Waals surface area contributed by atoms with Crippen molar-refractivity contribution in [3.8, 4) is 0 Å². The third-order valence-corrected chi connectivity index (χ3v) is 3.60. The number of benzene rings is 1. The molecule has 1 aliphatic rings. The lowest BCUT2D eigenvalue weighted by molar-refractivity contribution is -0.137. The van der Waals surface area contributed by atoms with Gasteiger partial charge in [0.05, 0.1) is 6.61 Å². The van der Waals surface area contributed by atoms with Gasteiger partial charge in [-0.25, -0.2) is 0 Å². The lowest BCUT2D eigenvalue weighted by Crippen LogP contribution is -2.48. The molecular formula is C15H22ClNO3. The average Bonchev–Trinajstić information content (AvgIpc) is 2.39. The van der Waals surface area contributed by atoms with E-state index in [2.05, 4.69) is 24.0 Å². The van der Waals surface area contributed by atoms with Crippen molar-refractivity contribution in [3.05, 3.63) is 35.9 Å². The summed E-state index contributed by atoms with van der Waals surface area (Å²) in [7, 11) is 0. The molecular weight excluding hydrogens is 278 g/mol. The Labute approximate surface area is 126 Å². The van der Waals surface area contributed by atoms with Gasteiger partial charge in [0.2, 0.25) is 0 Å². The molecule has 1 saturated heterocycles. The van der Waals surface area contributed by atoms with Crippen molar-refractivity contribution in [2.75, 3.05) is 26.2 Å². The van der Waals surface area contributed by atoms with Crippen LogP contribution in [-0.4, -0.2) is 42.2 Å². The first-order valence-electron chi connectivity index (χ1n) is 6.74. The fourth-order valence-electron chi connectivity index (χ4n) is 2.56. The monoisotopic (exact) mass is 299 g/mol. The Hall–Kier alpha value is -1.10. The van der Waals surface area contributed by atoms with E-state index in [9.17, 15) is 4.79 Å². The highest BCUT2D eigenvalue weighted by atomic mass is 35.5. The van der Waals surface area contributed by atoms with Crippen molar-refractivity contribution in [1.82, 2.24) is 4.90 Å². The molecule has 4 nitrogen and oxygen atoms in total. The number of halogens is 1. The van der Waals surface area contributed by atoms with Gasteiger partial charge in [-0.1, -0.05) is 30.3 Å². The summed E-state index contributed by atoms with van der Waals surface area (Å²) in [6, 6.07) is 10.2. The minimum absolute atomic E-state index is 0. The van der Waals surface area contributed by atoms with Crippen molar-refractivity contribution in [3.63, 3.8) is 0 Å². The van der Waals surface area contributed by atoms with E-state index < -0.39 is 5.97 Å². The number of hydrogen-bond acceptors (Lipinski definition) is 3. The number of carboxylic acids is 1. The van der Waals surface area contributed by atoms with Gasteiger partial charge in [-0.3, -0.25) is 9.69 Å². The maximum atomic E-state index is 10.5. The molecule has 112 valence electrons. The Morgan fingerprint density at radius 2 is 2.10 bits per heavy atom. The van der Waals surface area contributed by atoms with E-state index in [-0.39, 0.29) is 24.4 Å². The van der Waals surface area contributed by atoms with Crippen LogP contribution in [0.5, 0.6) is 0 Å². The van der Waals surface area contributed by atoms with E-state index in [0.29, 0.717) is 13.0 Å². The van der Waals surface area contributed by atoms with E-state index in [1.807, 2.05) is 18.2 Å². The number of carbonyl (C=O) groups is 1. The van der Waals surface area contributed by atoms with Crippen LogP contribution in [0.4, 0.5) is 0 Å². The molecule has 0 radical (unpaired) electrons. The van der Waals surface area contributed by atoms with Gasteiger partial charge in [-0.05, 0) is 25.5 Å². The largest absolute Gasteiger partial charge is 0.481 e. The number of hydrogen-bond donors (Lipinski definition) is 1. The quantitative estimate of drug-likeness (QED) is 0.908. The number of rotatable bonds is 5. The summed E-state index contributed by atoms with van der Waals surface area (Å²) in [6.07, 6.45) is 0.930. The van der Waals surface area contributed by atoms with Crippen LogP contribution in [0, 0.1) is 0 Å². The lowest BCUT2D eigenvalue weighted by Gasteiger charge is -2.41. The Balaban J connectivity index is 0.00000200. The third-order valence-electron chi connectivity index (χ3n) is 3.60. The number of morpholine rings is 1. The van der Waals surface area contributed by atoms with Crippen LogP contribution in [0.25, 0.3) is 0 Å². The van der Waals surface area contributed by atoms with E-state index in [1.165, 1.54) is 5.56 Å². The van der Waals surface area contributed by atoms with Gasteiger partial charge in [0, 0.05) is 19.5 Å². The fraction of sp³-hybridized carbons (Fsp3) is 0.533. The predicted molar refractivity (Wildman–Crippen MR) is 80.3 cm³/mol. The van der Waals surface area contributed by atoms with Gasteiger partial charge >= 0.3 is 5.97 Å². The molecule has 1 fully saturated rings. The SMILES string of the molecule is CC1(c2ccccc2)CN(CCCC(=O)O)CCO1.Cl. The normalized spacial score (nSPS) is 23.1. The molecule has 5 heteroatoms. The molecule has 1 unspecified atom stereocenters. The zero-order chi connectivity index (χ0) is 13.7. The minimum Gasteiger partial charge on any atom is -0.481 e. The molecule has 1 aromatic rings. The summed E-state index contributed by atoms with van der Waals surface area (Å²) in [4.78, 5) is 12.8. The summed E-state index contributed by atoms with van der Waals surface area (Å²) < 4.78 is 5.95. The van der Waals surface area contributed by atoms with Crippen LogP contribution >= 0.6 is 12.4 Å². The minimum atomic E-state index is -0.723. The highest BCUT2D eigenvalue weighted by Crippen LogP contribution is 2.29. The summed E-state index contributed by atoms with van der Waals surface area (Å²) in [6.45, 7) is 5.31. The van der Waals surface area contributed by atoms with Crippen molar-refractivity contribution in [2.24, 2.45) is 0 Å². The summed E-state index contributed by atoms with van der Waals surface area (Å²) >= 11 is 0. The average molecular weight is 300 g/mol. The van der Waals surface area contributed by atoms with Crippen LogP contribution in [0.1, 0.15) is 25.3 Å². The molecule has 0 spiro atoms. The zero-order valence-corrected chi connectivity index (χ0v) is 12.6. The van der Waals surface area contributed by atoms with Gasteiger partial charge in [0.25, 0.3) is 0 Å². The van der Waals surface area contributed by atoms with Crippen molar-refractivity contribution in [1.29, 1.82) is 0 Å². The summed E-state index contributed by atoms with van der Waals surface area (Å²) in [5.74, 6) is -0.723. The summed E-state index contributed by atoms with van der Waals surface area (Å²) in [5.41, 5.74) is 0.890. The molecule has 2 rings (SSSR count). The first kappa shape index (κ1) is 17.0. The fourth-order valence-corrected chi connectivity index (χ4v) is 2.56. The van der Waals surface area contributed by atoms with Gasteiger partial charge < -0.3 is 9.84 Å². The standard InChI is InChI=1S/C15H21NO3.ClH/c1-15(13-6-3-2-4-7-13)12-16(10-11-19-15)9-5-8-14(17)18;/h2-4,6-7H,5,8-12H2,1H3,(H,17,18);1H. The molecule has 0 saturated carbocycles. The Morgan fingerprint density at radius 1 is 1.40 bits per heavy atom. The van der Waals surface area contributed by atoms with Gasteiger partial charge in [0.15, 0.2) is 0 Å². The van der Waals surface area contributed by atoms with Crippen LogP contribution in [0.15, 0.2) is 30.3 Å². The number of nitrogens with zero attached hydrogens (tertiary/aromatic N) is 1. The van der Waals surface area contributed by atoms with E-state index in [4.69, 9.17) is 9.84 Å². The molecule has 0 bridgehead atoms. The molecule has 1 aliphatic heterocycles.